The van der Waals surface area contributed by atoms with Crippen LogP contribution in [0.3, 0.4) is 0 Å². The number of nitrogen functional groups attached to an aromatic ring is 1. The van der Waals surface area contributed by atoms with Gasteiger partial charge in [0, 0.05) is 18.8 Å². The van der Waals surface area contributed by atoms with Crippen molar-refractivity contribution in [1.82, 2.24) is 9.71 Å². The molecule has 1 aromatic heterocycles. The molecule has 2 rings (SSSR count). The monoisotopic (exact) mass is 293 g/mol. The van der Waals surface area contributed by atoms with Gasteiger partial charge in [0.2, 0.25) is 15.9 Å². The fourth-order valence-corrected chi connectivity index (χ4v) is 2.80. The Balaban J connectivity index is 2.15. The van der Waals surface area contributed by atoms with Gasteiger partial charge in [-0.1, -0.05) is 12.1 Å². The maximum Gasteiger partial charge on any atom is 0.242 e. The number of rotatable bonds is 5. The van der Waals surface area contributed by atoms with Crippen LogP contribution >= 0.6 is 0 Å². The summed E-state index contributed by atoms with van der Waals surface area (Å²) in [7, 11) is -2.14. The molecule has 3 N–H and O–H groups in total. The number of benzene rings is 1. The maximum atomic E-state index is 12.1. The van der Waals surface area contributed by atoms with Gasteiger partial charge in [0.05, 0.1) is 12.8 Å². The molecule has 7 heteroatoms. The summed E-state index contributed by atoms with van der Waals surface area (Å²) in [5.41, 5.74) is 6.63. The maximum absolute atomic E-state index is 12.1. The number of para-hydroxylation sites is 1. The second-order valence-corrected chi connectivity index (χ2v) is 5.80. The average Bonchev–Trinajstić information content (AvgIpc) is 2.46. The number of ether oxygens (including phenoxy) is 1. The number of anilines is 1. The Bertz CT molecular complexity index is 702. The number of nitrogens with one attached hydrogen (secondary N) is 1. The Kier molecular flexibility index (Phi) is 4.21. The summed E-state index contributed by atoms with van der Waals surface area (Å²) in [6, 6.07) is 9.69. The van der Waals surface area contributed by atoms with Crippen molar-refractivity contribution < 1.29 is 13.2 Å². The number of nitrogens with two attached hydrogens (primary N) is 1. The van der Waals surface area contributed by atoms with Gasteiger partial charge in [0.25, 0.3) is 0 Å². The molecule has 0 aliphatic rings. The largest absolute Gasteiger partial charge is 0.481 e. The van der Waals surface area contributed by atoms with Crippen molar-refractivity contribution in [3.63, 3.8) is 0 Å². The molecule has 0 unspecified atom stereocenters. The summed E-state index contributed by atoms with van der Waals surface area (Å²) in [5.74, 6) is 0.431. The van der Waals surface area contributed by atoms with Crippen molar-refractivity contribution >= 4 is 15.7 Å². The highest BCUT2D eigenvalue weighted by Gasteiger charge is 2.16. The lowest BCUT2D eigenvalue weighted by Crippen LogP contribution is -2.24. The molecule has 0 aliphatic heterocycles. The first-order chi connectivity index (χ1) is 9.53. The number of nitrogens with zero attached hydrogens (tertiary/aromatic N) is 1. The van der Waals surface area contributed by atoms with Crippen LogP contribution in [0.2, 0.25) is 0 Å². The molecule has 106 valence electrons. The van der Waals surface area contributed by atoms with Crippen molar-refractivity contribution in [2.45, 2.75) is 11.4 Å². The van der Waals surface area contributed by atoms with Gasteiger partial charge in [0.15, 0.2) is 0 Å². The minimum absolute atomic E-state index is 0.0704. The topological polar surface area (TPSA) is 94.3 Å². The molecule has 1 aromatic carbocycles. The number of aromatic nitrogens is 1. The Labute approximate surface area is 117 Å². The van der Waals surface area contributed by atoms with Crippen molar-refractivity contribution in [3.8, 4) is 5.88 Å². The van der Waals surface area contributed by atoms with E-state index >= 15 is 0 Å². The Morgan fingerprint density at radius 2 is 2.05 bits per heavy atom. The van der Waals surface area contributed by atoms with Gasteiger partial charge in [-0.15, -0.1) is 0 Å². The fraction of sp³-hybridized carbons (Fsp3) is 0.154. The minimum atomic E-state index is -3.64. The Morgan fingerprint density at radius 3 is 2.75 bits per heavy atom. The summed E-state index contributed by atoms with van der Waals surface area (Å²) >= 11 is 0. The summed E-state index contributed by atoms with van der Waals surface area (Å²) in [5, 5.41) is 0. The number of methoxy groups -OCH3 is 1. The summed E-state index contributed by atoms with van der Waals surface area (Å²) in [4.78, 5) is 4.03. The normalized spacial score (nSPS) is 11.2. The molecular weight excluding hydrogens is 278 g/mol. The van der Waals surface area contributed by atoms with Crippen LogP contribution in [0, 0.1) is 0 Å². The van der Waals surface area contributed by atoms with E-state index in [1.807, 2.05) is 0 Å². The zero-order valence-corrected chi connectivity index (χ0v) is 11.7. The molecule has 0 amide bonds. The summed E-state index contributed by atoms with van der Waals surface area (Å²) in [6.45, 7) is 0.134. The second-order valence-electron chi connectivity index (χ2n) is 4.07. The molecule has 0 saturated heterocycles. The third kappa shape index (κ3) is 3.25. The van der Waals surface area contributed by atoms with E-state index in [-0.39, 0.29) is 17.1 Å². The molecule has 0 saturated carbocycles. The highest BCUT2D eigenvalue weighted by Crippen LogP contribution is 2.17. The molecule has 0 bridgehead atoms. The second kappa shape index (κ2) is 5.89. The predicted octanol–water partition coefficient (Wildman–Crippen LogP) is 1.15. The Hall–Kier alpha value is -2.12. The summed E-state index contributed by atoms with van der Waals surface area (Å²) in [6.07, 6.45) is 1.55. The van der Waals surface area contributed by atoms with Gasteiger partial charge in [0.1, 0.15) is 4.90 Å². The first-order valence-corrected chi connectivity index (χ1v) is 7.34. The average molecular weight is 293 g/mol. The highest BCUT2D eigenvalue weighted by atomic mass is 32.2. The van der Waals surface area contributed by atoms with Crippen LogP contribution in [-0.2, 0) is 16.6 Å². The number of pyridine rings is 1. The highest BCUT2D eigenvalue weighted by molar-refractivity contribution is 7.89. The lowest BCUT2D eigenvalue weighted by molar-refractivity contribution is 0.397. The number of hydrogen-bond acceptors (Lipinski definition) is 5. The van der Waals surface area contributed by atoms with Crippen molar-refractivity contribution in [3.05, 3.63) is 48.2 Å². The molecule has 2 aromatic rings. The third-order valence-electron chi connectivity index (χ3n) is 2.68. The van der Waals surface area contributed by atoms with Crippen molar-refractivity contribution in [1.29, 1.82) is 0 Å². The predicted molar refractivity (Wildman–Crippen MR) is 75.7 cm³/mol. The molecule has 0 atom stereocenters. The molecular formula is C13H15N3O3S. The number of hydrogen-bond donors (Lipinski definition) is 2. The van der Waals surface area contributed by atoms with Crippen LogP contribution in [-0.4, -0.2) is 20.5 Å². The van der Waals surface area contributed by atoms with E-state index in [9.17, 15) is 8.42 Å². The van der Waals surface area contributed by atoms with Crippen molar-refractivity contribution in [2.75, 3.05) is 12.8 Å². The van der Waals surface area contributed by atoms with E-state index in [2.05, 4.69) is 9.71 Å². The zero-order chi connectivity index (χ0) is 14.6. The van der Waals surface area contributed by atoms with Crippen LogP contribution < -0.4 is 15.2 Å². The van der Waals surface area contributed by atoms with Crippen LogP contribution in [0.5, 0.6) is 5.88 Å². The first kappa shape index (κ1) is 14.3. The SMILES string of the molecule is COc1cc(CNS(=O)(=O)c2ccccc2N)ccn1. The Morgan fingerprint density at radius 1 is 1.30 bits per heavy atom. The lowest BCUT2D eigenvalue weighted by atomic mass is 10.3. The zero-order valence-electron chi connectivity index (χ0n) is 10.9. The van der Waals surface area contributed by atoms with Crippen LogP contribution in [0.25, 0.3) is 0 Å². The van der Waals surface area contributed by atoms with Crippen LogP contribution in [0.1, 0.15) is 5.56 Å². The van der Waals surface area contributed by atoms with Crippen molar-refractivity contribution in [2.24, 2.45) is 0 Å². The lowest BCUT2D eigenvalue weighted by Gasteiger charge is -2.09. The molecule has 0 spiro atoms. The first-order valence-electron chi connectivity index (χ1n) is 5.86. The summed E-state index contributed by atoms with van der Waals surface area (Å²) < 4.78 is 31.8. The van der Waals surface area contributed by atoms with E-state index in [1.165, 1.54) is 13.2 Å². The van der Waals surface area contributed by atoms with Gasteiger partial charge < -0.3 is 10.5 Å². The van der Waals surface area contributed by atoms with Gasteiger partial charge in [-0.05, 0) is 23.8 Å². The number of sulfonamides is 1. The van der Waals surface area contributed by atoms with E-state index < -0.39 is 10.0 Å². The minimum Gasteiger partial charge on any atom is -0.481 e. The van der Waals surface area contributed by atoms with Crippen LogP contribution in [0.15, 0.2) is 47.5 Å². The van der Waals surface area contributed by atoms with E-state index in [0.717, 1.165) is 5.56 Å². The fourth-order valence-electron chi connectivity index (χ4n) is 1.65. The quantitative estimate of drug-likeness (QED) is 0.806. The third-order valence-corrected chi connectivity index (χ3v) is 4.16. The van der Waals surface area contributed by atoms with E-state index in [1.54, 1.807) is 36.5 Å². The molecule has 0 aliphatic carbocycles. The smallest absolute Gasteiger partial charge is 0.242 e. The van der Waals surface area contributed by atoms with E-state index in [4.69, 9.17) is 10.5 Å². The molecule has 0 radical (unpaired) electrons. The van der Waals surface area contributed by atoms with Gasteiger partial charge in [-0.3, -0.25) is 0 Å². The van der Waals surface area contributed by atoms with Gasteiger partial charge in [-0.2, -0.15) is 0 Å². The molecule has 20 heavy (non-hydrogen) atoms. The van der Waals surface area contributed by atoms with Gasteiger partial charge >= 0.3 is 0 Å². The molecule has 1 heterocycles. The van der Waals surface area contributed by atoms with E-state index in [0.29, 0.717) is 5.88 Å². The standard InChI is InChI=1S/C13H15N3O3S/c1-19-13-8-10(6-7-15-13)9-16-20(17,18)12-5-3-2-4-11(12)14/h2-8,16H,9,14H2,1H3. The molecule has 0 fully saturated rings. The molecule has 6 nitrogen and oxygen atoms in total. The van der Waals surface area contributed by atoms with Gasteiger partial charge in [-0.25, -0.2) is 18.1 Å². The van der Waals surface area contributed by atoms with Crippen LogP contribution in [0.4, 0.5) is 5.69 Å².